The van der Waals surface area contributed by atoms with Crippen molar-refractivity contribution in [2.75, 3.05) is 13.2 Å². The highest BCUT2D eigenvalue weighted by atomic mass is 32.5. The quantitative estimate of drug-likeness (QED) is 0.632. The SMILES string of the molecule is CCOP(=S)(N/N=C1/CCCc2sc(C)cc21)OCC. The molecule has 0 unspecified atom stereocenters. The van der Waals surface area contributed by atoms with Gasteiger partial charge in [0.2, 0.25) is 0 Å². The maximum absolute atomic E-state index is 5.54. The summed E-state index contributed by atoms with van der Waals surface area (Å²) in [6.07, 6.45) is 3.27. The molecule has 0 amide bonds. The molecule has 1 aliphatic carbocycles. The molecule has 20 heavy (non-hydrogen) atoms. The summed E-state index contributed by atoms with van der Waals surface area (Å²) >= 11 is 7.28. The Balaban J connectivity index is 2.17. The van der Waals surface area contributed by atoms with Crippen molar-refractivity contribution in [3.8, 4) is 0 Å². The fraction of sp³-hybridized carbons (Fsp3) is 0.615. The van der Waals surface area contributed by atoms with E-state index in [0.29, 0.717) is 13.2 Å². The Morgan fingerprint density at radius 2 is 2.05 bits per heavy atom. The second-order valence-electron chi connectivity index (χ2n) is 4.54. The van der Waals surface area contributed by atoms with Crippen molar-refractivity contribution >= 4 is 35.5 Å². The van der Waals surface area contributed by atoms with Gasteiger partial charge >= 0.3 is 6.64 Å². The minimum absolute atomic E-state index is 0.526. The highest BCUT2D eigenvalue weighted by Crippen LogP contribution is 2.44. The highest BCUT2D eigenvalue weighted by Gasteiger charge is 2.21. The summed E-state index contributed by atoms with van der Waals surface area (Å²) in [7, 11) is 0. The molecular weight excluding hydrogens is 311 g/mol. The van der Waals surface area contributed by atoms with E-state index < -0.39 is 6.64 Å². The number of aryl methyl sites for hydroxylation is 2. The molecule has 0 saturated heterocycles. The Morgan fingerprint density at radius 1 is 1.35 bits per heavy atom. The van der Waals surface area contributed by atoms with Crippen LogP contribution < -0.4 is 5.20 Å². The van der Waals surface area contributed by atoms with Gasteiger partial charge in [0, 0.05) is 15.3 Å². The fourth-order valence-corrected chi connectivity index (χ4v) is 5.18. The third-order valence-corrected chi connectivity index (χ3v) is 6.49. The first-order valence-corrected chi connectivity index (χ1v) is 10.4. The molecule has 0 aromatic carbocycles. The van der Waals surface area contributed by atoms with Gasteiger partial charge in [-0.05, 0) is 57.9 Å². The summed E-state index contributed by atoms with van der Waals surface area (Å²) in [5, 5.41) is 7.51. The van der Waals surface area contributed by atoms with E-state index in [0.717, 1.165) is 25.0 Å². The third-order valence-electron chi connectivity index (χ3n) is 2.97. The van der Waals surface area contributed by atoms with Crippen molar-refractivity contribution in [2.24, 2.45) is 5.10 Å². The lowest BCUT2D eigenvalue weighted by molar-refractivity contribution is 0.259. The summed E-state index contributed by atoms with van der Waals surface area (Å²) in [6.45, 7) is 4.52. The summed E-state index contributed by atoms with van der Waals surface area (Å²) in [5.41, 5.74) is 2.34. The van der Waals surface area contributed by atoms with E-state index in [9.17, 15) is 0 Å². The minimum atomic E-state index is -2.49. The molecule has 1 N–H and O–H groups in total. The molecule has 0 saturated carbocycles. The van der Waals surface area contributed by atoms with E-state index >= 15 is 0 Å². The topological polar surface area (TPSA) is 42.8 Å². The number of rotatable bonds is 6. The zero-order valence-electron chi connectivity index (χ0n) is 12.1. The number of fused-ring (bicyclic) bond motifs is 1. The van der Waals surface area contributed by atoms with Gasteiger partial charge in [-0.3, -0.25) is 0 Å². The van der Waals surface area contributed by atoms with Crippen LogP contribution in [0.25, 0.3) is 0 Å². The molecule has 0 aliphatic heterocycles. The number of nitrogens with one attached hydrogen (secondary N) is 1. The molecule has 7 heteroatoms. The van der Waals surface area contributed by atoms with E-state index in [4.69, 9.17) is 20.9 Å². The zero-order chi connectivity index (χ0) is 14.6. The molecule has 0 atom stereocenters. The molecule has 0 fully saturated rings. The van der Waals surface area contributed by atoms with Gasteiger partial charge < -0.3 is 9.05 Å². The molecule has 1 heterocycles. The van der Waals surface area contributed by atoms with Gasteiger partial charge in [0.25, 0.3) is 0 Å². The Kier molecular flexibility index (Phi) is 5.75. The van der Waals surface area contributed by atoms with E-state index in [2.05, 4.69) is 23.3 Å². The van der Waals surface area contributed by atoms with Crippen LogP contribution in [0.15, 0.2) is 11.2 Å². The molecule has 2 rings (SSSR count). The average molecular weight is 332 g/mol. The maximum atomic E-state index is 5.54. The zero-order valence-corrected chi connectivity index (χ0v) is 14.7. The summed E-state index contributed by atoms with van der Waals surface area (Å²) < 4.78 is 11.1. The molecule has 0 radical (unpaired) electrons. The standard InChI is InChI=1S/C13H21N2O2PS2/c1-4-16-18(19,17-5-2)15-14-12-7-6-8-13-11(12)9-10(3)20-13/h9H,4-8H2,1-3H3,(H,15,19)/b14-12-. The molecule has 0 spiro atoms. The van der Waals surface area contributed by atoms with Crippen LogP contribution in [-0.4, -0.2) is 18.9 Å². The molecule has 112 valence electrons. The lowest BCUT2D eigenvalue weighted by atomic mass is 9.97. The summed E-state index contributed by atoms with van der Waals surface area (Å²) in [5.74, 6) is 0. The normalized spacial score (nSPS) is 17.2. The Bertz CT molecular complexity index is 532. The average Bonchev–Trinajstić information content (AvgIpc) is 2.77. The monoisotopic (exact) mass is 332 g/mol. The fourth-order valence-electron chi connectivity index (χ4n) is 2.22. The van der Waals surface area contributed by atoms with E-state index in [1.165, 1.54) is 15.3 Å². The number of hydrogen-bond donors (Lipinski definition) is 1. The lowest BCUT2D eigenvalue weighted by Gasteiger charge is -2.21. The van der Waals surface area contributed by atoms with Gasteiger partial charge in [0.1, 0.15) is 0 Å². The van der Waals surface area contributed by atoms with Crippen molar-refractivity contribution < 1.29 is 9.05 Å². The third kappa shape index (κ3) is 3.89. The van der Waals surface area contributed by atoms with Gasteiger partial charge in [-0.25, -0.2) is 5.20 Å². The Morgan fingerprint density at radius 3 is 2.70 bits per heavy atom. The first-order chi connectivity index (χ1) is 9.58. The van der Waals surface area contributed by atoms with Gasteiger partial charge in [-0.2, -0.15) is 5.10 Å². The van der Waals surface area contributed by atoms with E-state index in [1.807, 2.05) is 25.2 Å². The van der Waals surface area contributed by atoms with Gasteiger partial charge in [-0.15, -0.1) is 11.3 Å². The molecule has 0 bridgehead atoms. The second-order valence-corrected chi connectivity index (χ2v) is 9.03. The number of hydrogen-bond acceptors (Lipinski definition) is 5. The largest absolute Gasteiger partial charge is 0.313 e. The van der Waals surface area contributed by atoms with Crippen LogP contribution in [-0.2, 0) is 27.3 Å². The van der Waals surface area contributed by atoms with Gasteiger partial charge in [-0.1, -0.05) is 0 Å². The van der Waals surface area contributed by atoms with Crippen LogP contribution >= 0.6 is 18.0 Å². The molecule has 4 nitrogen and oxygen atoms in total. The lowest BCUT2D eigenvalue weighted by Crippen LogP contribution is -2.16. The van der Waals surface area contributed by atoms with Crippen LogP contribution in [0.5, 0.6) is 0 Å². The number of thiophene rings is 1. The van der Waals surface area contributed by atoms with Gasteiger partial charge in [0.05, 0.1) is 18.9 Å². The summed E-state index contributed by atoms with van der Waals surface area (Å²) in [6, 6.07) is 2.21. The van der Waals surface area contributed by atoms with Crippen molar-refractivity contribution in [3.63, 3.8) is 0 Å². The van der Waals surface area contributed by atoms with Crippen LogP contribution in [0.2, 0.25) is 0 Å². The van der Waals surface area contributed by atoms with Crippen molar-refractivity contribution in [2.45, 2.75) is 40.0 Å². The molecule has 1 aromatic rings. The minimum Gasteiger partial charge on any atom is -0.313 e. The van der Waals surface area contributed by atoms with Crippen molar-refractivity contribution in [1.29, 1.82) is 0 Å². The van der Waals surface area contributed by atoms with Crippen molar-refractivity contribution in [3.05, 3.63) is 21.4 Å². The van der Waals surface area contributed by atoms with Gasteiger partial charge in [0.15, 0.2) is 0 Å². The smallest absolute Gasteiger partial charge is 0.303 e. The van der Waals surface area contributed by atoms with Crippen LogP contribution in [0.4, 0.5) is 0 Å². The van der Waals surface area contributed by atoms with Crippen LogP contribution in [0.3, 0.4) is 0 Å². The predicted molar refractivity (Wildman–Crippen MR) is 89.2 cm³/mol. The number of hydrazone groups is 1. The number of nitrogens with zero attached hydrogens (tertiary/aromatic N) is 1. The summed E-state index contributed by atoms with van der Waals surface area (Å²) in [4.78, 5) is 2.76. The Labute approximate surface area is 129 Å². The van der Waals surface area contributed by atoms with E-state index in [1.54, 1.807) is 0 Å². The van der Waals surface area contributed by atoms with E-state index in [-0.39, 0.29) is 0 Å². The first kappa shape index (κ1) is 16.1. The maximum Gasteiger partial charge on any atom is 0.303 e. The van der Waals surface area contributed by atoms with Crippen LogP contribution in [0, 0.1) is 6.92 Å². The molecule has 1 aliphatic rings. The Hall–Kier alpha value is -0.260. The highest BCUT2D eigenvalue weighted by molar-refractivity contribution is 8.08. The molecular formula is C13H21N2O2PS2. The van der Waals surface area contributed by atoms with Crippen LogP contribution in [0.1, 0.15) is 42.0 Å². The van der Waals surface area contributed by atoms with Crippen molar-refractivity contribution in [1.82, 2.24) is 5.20 Å². The second kappa shape index (κ2) is 7.14. The molecule has 1 aromatic heterocycles. The first-order valence-electron chi connectivity index (χ1n) is 6.90. The predicted octanol–water partition coefficient (Wildman–Crippen LogP) is 3.98.